The Hall–Kier alpha value is -2.96. The molecule has 0 N–H and O–H groups in total. The van der Waals surface area contributed by atoms with Crippen LogP contribution < -0.4 is 4.74 Å². The lowest BCUT2D eigenvalue weighted by Crippen LogP contribution is -2.33. The van der Waals surface area contributed by atoms with Crippen molar-refractivity contribution in [1.82, 2.24) is 4.90 Å². The molecule has 0 aromatic heterocycles. The highest BCUT2D eigenvalue weighted by Crippen LogP contribution is 2.23. The monoisotopic (exact) mass is 332 g/mol. The predicted molar refractivity (Wildman–Crippen MR) is 86.2 cm³/mol. The number of nitro groups is 1. The fraction of sp³-hybridized carbons (Fsp3) is 0.235. The van der Waals surface area contributed by atoms with Gasteiger partial charge in [0, 0.05) is 19.2 Å². The molecule has 0 spiro atoms. The van der Waals surface area contributed by atoms with Crippen LogP contribution in [0.25, 0.3) is 0 Å². The maximum absolute atomic E-state index is 12.8. The van der Waals surface area contributed by atoms with Crippen LogP contribution in [0.5, 0.6) is 5.75 Å². The lowest BCUT2D eigenvalue weighted by molar-refractivity contribution is -0.384. The Morgan fingerprint density at radius 2 is 1.96 bits per heavy atom. The summed E-state index contributed by atoms with van der Waals surface area (Å²) in [5.41, 5.74) is 0.629. The third kappa shape index (κ3) is 4.28. The van der Waals surface area contributed by atoms with Gasteiger partial charge in [-0.15, -0.1) is 0 Å². The van der Waals surface area contributed by atoms with Gasteiger partial charge in [0.15, 0.2) is 6.61 Å². The van der Waals surface area contributed by atoms with Gasteiger partial charge in [-0.25, -0.2) is 4.39 Å². The Morgan fingerprint density at radius 1 is 1.29 bits per heavy atom. The average Bonchev–Trinajstić information content (AvgIpc) is 2.59. The molecule has 2 rings (SSSR count). The minimum Gasteiger partial charge on any atom is -0.484 e. The van der Waals surface area contributed by atoms with Gasteiger partial charge in [-0.05, 0) is 36.8 Å². The summed E-state index contributed by atoms with van der Waals surface area (Å²) in [4.78, 5) is 24.0. The zero-order chi connectivity index (χ0) is 17.7. The molecular formula is C17H17FN2O4. The number of ether oxygens (including phenoxy) is 1. The molecule has 0 aliphatic rings. The Labute approximate surface area is 138 Å². The first-order chi connectivity index (χ1) is 11.4. The van der Waals surface area contributed by atoms with Crippen molar-refractivity contribution in [2.24, 2.45) is 0 Å². The molecule has 2 aromatic carbocycles. The Morgan fingerprint density at radius 3 is 2.58 bits per heavy atom. The van der Waals surface area contributed by atoms with E-state index >= 15 is 0 Å². The summed E-state index contributed by atoms with van der Waals surface area (Å²) in [5.74, 6) is -0.287. The summed E-state index contributed by atoms with van der Waals surface area (Å²) in [6, 6.07) is 11.2. The summed E-state index contributed by atoms with van der Waals surface area (Å²) in [6.45, 7) is 1.57. The van der Waals surface area contributed by atoms with Gasteiger partial charge in [-0.2, -0.15) is 0 Å². The van der Waals surface area contributed by atoms with Crippen molar-refractivity contribution in [1.29, 1.82) is 0 Å². The number of rotatable bonds is 6. The van der Waals surface area contributed by atoms with Gasteiger partial charge in [0.2, 0.25) is 0 Å². The molecule has 0 saturated heterocycles. The van der Waals surface area contributed by atoms with Crippen molar-refractivity contribution < 1.29 is 18.8 Å². The summed E-state index contributed by atoms with van der Waals surface area (Å²) >= 11 is 0. The molecule has 24 heavy (non-hydrogen) atoms. The first-order valence-corrected chi connectivity index (χ1v) is 7.27. The van der Waals surface area contributed by atoms with Crippen molar-refractivity contribution >= 4 is 11.6 Å². The summed E-state index contributed by atoms with van der Waals surface area (Å²) in [6.07, 6.45) is 0. The highest BCUT2D eigenvalue weighted by molar-refractivity contribution is 5.78. The van der Waals surface area contributed by atoms with E-state index in [4.69, 9.17) is 4.74 Å². The van der Waals surface area contributed by atoms with Crippen molar-refractivity contribution in [3.63, 3.8) is 0 Å². The number of halogens is 1. The largest absolute Gasteiger partial charge is 0.484 e. The number of nitrogens with zero attached hydrogens (tertiary/aromatic N) is 2. The van der Waals surface area contributed by atoms with Crippen LogP contribution in [0, 0.1) is 15.9 Å². The molecular weight excluding hydrogens is 315 g/mol. The molecule has 0 saturated carbocycles. The second-order valence-electron chi connectivity index (χ2n) is 5.28. The predicted octanol–water partition coefficient (Wildman–Crippen LogP) is 3.33. The fourth-order valence-corrected chi connectivity index (χ4v) is 2.12. The summed E-state index contributed by atoms with van der Waals surface area (Å²) in [5, 5.41) is 10.8. The molecule has 0 heterocycles. The molecule has 0 aliphatic heterocycles. The quantitative estimate of drug-likeness (QED) is 0.601. The molecule has 2 aromatic rings. The number of carbonyl (C=O) groups excluding carboxylic acids is 1. The topological polar surface area (TPSA) is 72.7 Å². The average molecular weight is 332 g/mol. The van der Waals surface area contributed by atoms with E-state index in [1.165, 1.54) is 41.3 Å². The van der Waals surface area contributed by atoms with Crippen LogP contribution in [0.15, 0.2) is 48.5 Å². The maximum atomic E-state index is 12.8. The molecule has 126 valence electrons. The second-order valence-corrected chi connectivity index (χ2v) is 5.28. The molecule has 1 amide bonds. The third-order valence-corrected chi connectivity index (χ3v) is 3.71. The van der Waals surface area contributed by atoms with E-state index in [0.29, 0.717) is 11.3 Å². The third-order valence-electron chi connectivity index (χ3n) is 3.71. The van der Waals surface area contributed by atoms with Crippen LogP contribution in [0.3, 0.4) is 0 Å². The Balaban J connectivity index is 2.00. The van der Waals surface area contributed by atoms with Gasteiger partial charge < -0.3 is 9.64 Å². The van der Waals surface area contributed by atoms with E-state index in [-0.39, 0.29) is 30.1 Å². The molecule has 1 unspecified atom stereocenters. The van der Waals surface area contributed by atoms with Gasteiger partial charge in [-0.1, -0.05) is 12.1 Å². The molecule has 6 nitrogen and oxygen atoms in total. The summed E-state index contributed by atoms with van der Waals surface area (Å²) < 4.78 is 18.1. The summed E-state index contributed by atoms with van der Waals surface area (Å²) in [7, 11) is 1.60. The standard InChI is InChI=1S/C17H17FN2O4/c1-12(13-4-3-5-15(10-13)20(22)23)19(2)17(21)11-24-16-8-6-14(18)7-9-16/h3-10,12H,11H2,1-2H3. The lowest BCUT2D eigenvalue weighted by Gasteiger charge is -2.25. The van der Waals surface area contributed by atoms with E-state index in [1.807, 2.05) is 0 Å². The molecule has 0 radical (unpaired) electrons. The van der Waals surface area contributed by atoms with E-state index in [1.54, 1.807) is 26.1 Å². The van der Waals surface area contributed by atoms with Crippen LogP contribution in [0.2, 0.25) is 0 Å². The zero-order valence-electron chi connectivity index (χ0n) is 13.3. The van der Waals surface area contributed by atoms with Crippen molar-refractivity contribution in [3.05, 3.63) is 70.0 Å². The molecule has 0 bridgehead atoms. The van der Waals surface area contributed by atoms with Crippen LogP contribution in [-0.4, -0.2) is 29.4 Å². The van der Waals surface area contributed by atoms with Gasteiger partial charge in [0.1, 0.15) is 11.6 Å². The van der Waals surface area contributed by atoms with Crippen LogP contribution in [0.4, 0.5) is 10.1 Å². The second kappa shape index (κ2) is 7.54. The fourth-order valence-electron chi connectivity index (χ4n) is 2.12. The molecule has 0 aliphatic carbocycles. The van der Waals surface area contributed by atoms with Gasteiger partial charge in [-0.3, -0.25) is 14.9 Å². The van der Waals surface area contributed by atoms with E-state index < -0.39 is 4.92 Å². The number of likely N-dealkylation sites (N-methyl/N-ethyl adjacent to an activating group) is 1. The van der Waals surface area contributed by atoms with Crippen molar-refractivity contribution in [2.45, 2.75) is 13.0 Å². The molecule has 7 heteroatoms. The number of nitro benzene ring substituents is 1. The van der Waals surface area contributed by atoms with Gasteiger partial charge in [0.05, 0.1) is 11.0 Å². The van der Waals surface area contributed by atoms with Gasteiger partial charge >= 0.3 is 0 Å². The molecule has 0 fully saturated rings. The number of carbonyl (C=O) groups is 1. The first-order valence-electron chi connectivity index (χ1n) is 7.27. The highest BCUT2D eigenvalue weighted by atomic mass is 19.1. The van der Waals surface area contributed by atoms with Crippen LogP contribution >= 0.6 is 0 Å². The number of non-ortho nitro benzene ring substituents is 1. The number of hydrogen-bond acceptors (Lipinski definition) is 4. The van der Waals surface area contributed by atoms with Crippen molar-refractivity contribution in [2.75, 3.05) is 13.7 Å². The van der Waals surface area contributed by atoms with Gasteiger partial charge in [0.25, 0.3) is 11.6 Å². The van der Waals surface area contributed by atoms with E-state index in [0.717, 1.165) is 0 Å². The Kier molecular flexibility index (Phi) is 5.47. The zero-order valence-corrected chi connectivity index (χ0v) is 13.3. The first kappa shape index (κ1) is 17.4. The minimum absolute atomic E-state index is 0.0252. The normalized spacial score (nSPS) is 11.6. The van der Waals surface area contributed by atoms with Crippen LogP contribution in [-0.2, 0) is 4.79 Å². The maximum Gasteiger partial charge on any atom is 0.269 e. The van der Waals surface area contributed by atoms with Crippen molar-refractivity contribution in [3.8, 4) is 5.75 Å². The lowest BCUT2D eigenvalue weighted by atomic mass is 10.1. The van der Waals surface area contributed by atoms with Crippen LogP contribution in [0.1, 0.15) is 18.5 Å². The minimum atomic E-state index is -0.477. The SMILES string of the molecule is CC(c1cccc([N+](=O)[O-])c1)N(C)C(=O)COc1ccc(F)cc1. The number of amides is 1. The molecule has 1 atom stereocenters. The number of benzene rings is 2. The van der Waals surface area contributed by atoms with E-state index in [9.17, 15) is 19.3 Å². The highest BCUT2D eigenvalue weighted by Gasteiger charge is 2.19. The number of hydrogen-bond donors (Lipinski definition) is 0. The Bertz CT molecular complexity index is 734. The van der Waals surface area contributed by atoms with E-state index in [2.05, 4.69) is 0 Å². The smallest absolute Gasteiger partial charge is 0.269 e.